The van der Waals surface area contributed by atoms with Crippen LogP contribution in [-0.2, 0) is 29.0 Å². The van der Waals surface area contributed by atoms with E-state index in [0.717, 1.165) is 35.9 Å². The van der Waals surface area contributed by atoms with Crippen LogP contribution in [0.3, 0.4) is 0 Å². The Morgan fingerprint density at radius 1 is 1.26 bits per heavy atom. The molecule has 0 aromatic carbocycles. The topological polar surface area (TPSA) is 48.3 Å². The van der Waals surface area contributed by atoms with Crippen molar-refractivity contribution in [2.45, 2.75) is 33.4 Å². The van der Waals surface area contributed by atoms with Gasteiger partial charge in [0, 0.05) is 26.7 Å². The van der Waals surface area contributed by atoms with E-state index in [0.29, 0.717) is 26.4 Å². The molecule has 0 fully saturated rings. The monoisotopic (exact) mass is 289 g/mol. The molecule has 0 aliphatic rings. The zero-order valence-electron chi connectivity index (χ0n) is 12.0. The van der Waals surface area contributed by atoms with Crippen molar-refractivity contribution >= 4 is 11.6 Å². The van der Waals surface area contributed by atoms with Crippen LogP contribution < -0.4 is 5.32 Å². The Morgan fingerprint density at radius 2 is 2.05 bits per heavy atom. The van der Waals surface area contributed by atoms with Gasteiger partial charge in [-0.05, 0) is 13.3 Å². The standard InChI is InChI=1S/C13H24ClN3O2/c1-4-11-13(14)12(17(5-2)16-11)10-15-6-7-19-9-8-18-3/h15H,4-10H2,1-3H3. The highest BCUT2D eigenvalue weighted by Gasteiger charge is 2.13. The summed E-state index contributed by atoms with van der Waals surface area (Å²) in [7, 11) is 1.67. The van der Waals surface area contributed by atoms with E-state index < -0.39 is 0 Å². The maximum absolute atomic E-state index is 6.32. The molecule has 0 spiro atoms. The van der Waals surface area contributed by atoms with Crippen molar-refractivity contribution in [3.63, 3.8) is 0 Å². The number of aromatic nitrogens is 2. The van der Waals surface area contributed by atoms with Crippen LogP contribution in [0.4, 0.5) is 0 Å². The first-order chi connectivity index (χ1) is 9.24. The fraction of sp³-hybridized carbons (Fsp3) is 0.769. The molecule has 6 heteroatoms. The molecular formula is C13H24ClN3O2. The Hall–Kier alpha value is -0.620. The quantitative estimate of drug-likeness (QED) is 0.668. The molecule has 0 aliphatic carbocycles. The molecule has 5 nitrogen and oxygen atoms in total. The molecule has 0 bridgehead atoms. The van der Waals surface area contributed by atoms with Gasteiger partial charge in [0.2, 0.25) is 0 Å². The van der Waals surface area contributed by atoms with Crippen LogP contribution in [-0.4, -0.2) is 43.3 Å². The molecule has 0 aliphatic heterocycles. The predicted octanol–water partition coefficient (Wildman–Crippen LogP) is 1.87. The highest BCUT2D eigenvalue weighted by molar-refractivity contribution is 6.31. The van der Waals surface area contributed by atoms with Gasteiger partial charge in [-0.1, -0.05) is 18.5 Å². The van der Waals surface area contributed by atoms with Gasteiger partial charge < -0.3 is 14.8 Å². The Labute approximate surface area is 120 Å². The van der Waals surface area contributed by atoms with Gasteiger partial charge in [-0.15, -0.1) is 0 Å². The van der Waals surface area contributed by atoms with Gasteiger partial charge in [-0.2, -0.15) is 5.10 Å². The molecule has 19 heavy (non-hydrogen) atoms. The number of aryl methyl sites for hydroxylation is 2. The number of nitrogens with zero attached hydrogens (tertiary/aromatic N) is 2. The normalized spacial score (nSPS) is 11.2. The van der Waals surface area contributed by atoms with Gasteiger partial charge in [-0.3, -0.25) is 4.68 Å². The highest BCUT2D eigenvalue weighted by atomic mass is 35.5. The van der Waals surface area contributed by atoms with E-state index in [9.17, 15) is 0 Å². The smallest absolute Gasteiger partial charge is 0.0863 e. The van der Waals surface area contributed by atoms with Crippen LogP contribution in [0.1, 0.15) is 25.2 Å². The van der Waals surface area contributed by atoms with Crippen molar-refractivity contribution in [2.24, 2.45) is 0 Å². The molecule has 1 heterocycles. The second kappa shape index (κ2) is 9.31. The lowest BCUT2D eigenvalue weighted by atomic mass is 10.3. The summed E-state index contributed by atoms with van der Waals surface area (Å²) in [5, 5.41) is 8.59. The number of ether oxygens (including phenoxy) is 2. The molecule has 0 saturated carbocycles. The molecule has 0 unspecified atom stereocenters. The second-order valence-corrected chi connectivity index (χ2v) is 4.54. The van der Waals surface area contributed by atoms with Crippen molar-refractivity contribution in [1.82, 2.24) is 15.1 Å². The van der Waals surface area contributed by atoms with E-state index in [1.54, 1.807) is 7.11 Å². The van der Waals surface area contributed by atoms with Crippen molar-refractivity contribution < 1.29 is 9.47 Å². The van der Waals surface area contributed by atoms with Gasteiger partial charge in [0.25, 0.3) is 0 Å². The van der Waals surface area contributed by atoms with E-state index in [1.807, 2.05) is 4.68 Å². The molecule has 0 saturated heterocycles. The first-order valence-corrected chi connectivity index (χ1v) is 7.13. The molecule has 1 N–H and O–H groups in total. The Kier molecular flexibility index (Phi) is 8.05. The summed E-state index contributed by atoms with van der Waals surface area (Å²) < 4.78 is 12.2. The molecule has 0 amide bonds. The van der Waals surface area contributed by atoms with Crippen molar-refractivity contribution in [1.29, 1.82) is 0 Å². The van der Waals surface area contributed by atoms with Gasteiger partial charge >= 0.3 is 0 Å². The molecule has 110 valence electrons. The third-order valence-electron chi connectivity index (χ3n) is 2.84. The minimum Gasteiger partial charge on any atom is -0.382 e. The lowest BCUT2D eigenvalue weighted by molar-refractivity contribution is 0.0718. The molecular weight excluding hydrogens is 266 g/mol. The third-order valence-corrected chi connectivity index (χ3v) is 3.28. The van der Waals surface area contributed by atoms with Crippen LogP contribution in [0.5, 0.6) is 0 Å². The summed E-state index contributed by atoms with van der Waals surface area (Å²) in [6, 6.07) is 0. The minimum absolute atomic E-state index is 0.631. The van der Waals surface area contributed by atoms with Crippen LogP contribution in [0, 0.1) is 0 Å². The minimum atomic E-state index is 0.631. The molecule has 1 aromatic heterocycles. The predicted molar refractivity (Wildman–Crippen MR) is 76.7 cm³/mol. The number of halogens is 1. The molecule has 0 atom stereocenters. The van der Waals surface area contributed by atoms with Gasteiger partial charge in [0.05, 0.1) is 36.2 Å². The molecule has 1 aromatic rings. The Balaban J connectivity index is 2.34. The lowest BCUT2D eigenvalue weighted by Crippen LogP contribution is -2.22. The molecule has 0 radical (unpaired) electrons. The van der Waals surface area contributed by atoms with Crippen molar-refractivity contribution in [3.05, 3.63) is 16.4 Å². The van der Waals surface area contributed by atoms with E-state index in [1.165, 1.54) is 0 Å². The average molecular weight is 290 g/mol. The van der Waals surface area contributed by atoms with Gasteiger partial charge in [0.1, 0.15) is 0 Å². The molecule has 1 rings (SSSR count). The van der Waals surface area contributed by atoms with E-state index >= 15 is 0 Å². The van der Waals surface area contributed by atoms with Crippen LogP contribution in [0.25, 0.3) is 0 Å². The van der Waals surface area contributed by atoms with Crippen LogP contribution in [0.2, 0.25) is 5.02 Å². The second-order valence-electron chi connectivity index (χ2n) is 4.16. The number of hydrogen-bond donors (Lipinski definition) is 1. The van der Waals surface area contributed by atoms with Gasteiger partial charge in [0.15, 0.2) is 0 Å². The fourth-order valence-electron chi connectivity index (χ4n) is 1.78. The first kappa shape index (κ1) is 16.4. The van der Waals surface area contributed by atoms with E-state index in [2.05, 4.69) is 24.3 Å². The number of nitrogens with one attached hydrogen (secondary N) is 1. The first-order valence-electron chi connectivity index (χ1n) is 6.76. The summed E-state index contributed by atoms with van der Waals surface area (Å²) in [5.41, 5.74) is 2.02. The van der Waals surface area contributed by atoms with Crippen molar-refractivity contribution in [2.75, 3.05) is 33.5 Å². The summed E-state index contributed by atoms with van der Waals surface area (Å²) >= 11 is 6.32. The SMILES string of the molecule is CCc1nn(CC)c(CNCCOCCOC)c1Cl. The Morgan fingerprint density at radius 3 is 2.68 bits per heavy atom. The van der Waals surface area contributed by atoms with Crippen molar-refractivity contribution in [3.8, 4) is 0 Å². The zero-order chi connectivity index (χ0) is 14.1. The number of methoxy groups -OCH3 is 1. The summed E-state index contributed by atoms with van der Waals surface area (Å²) in [6.45, 7) is 8.40. The largest absolute Gasteiger partial charge is 0.382 e. The summed E-state index contributed by atoms with van der Waals surface area (Å²) in [6.07, 6.45) is 0.860. The summed E-state index contributed by atoms with van der Waals surface area (Å²) in [5.74, 6) is 0. The zero-order valence-corrected chi connectivity index (χ0v) is 12.8. The highest BCUT2D eigenvalue weighted by Crippen LogP contribution is 2.21. The number of rotatable bonds is 10. The van der Waals surface area contributed by atoms with Crippen LogP contribution >= 0.6 is 11.6 Å². The Bertz CT molecular complexity index is 369. The van der Waals surface area contributed by atoms with E-state index in [-0.39, 0.29) is 0 Å². The lowest BCUT2D eigenvalue weighted by Gasteiger charge is -2.08. The fourth-order valence-corrected chi connectivity index (χ4v) is 2.12. The maximum Gasteiger partial charge on any atom is 0.0863 e. The van der Waals surface area contributed by atoms with Gasteiger partial charge in [-0.25, -0.2) is 0 Å². The number of hydrogen-bond acceptors (Lipinski definition) is 4. The third kappa shape index (κ3) is 5.10. The maximum atomic E-state index is 6.32. The van der Waals surface area contributed by atoms with E-state index in [4.69, 9.17) is 21.1 Å². The van der Waals surface area contributed by atoms with Crippen LogP contribution in [0.15, 0.2) is 0 Å². The average Bonchev–Trinajstić information content (AvgIpc) is 2.74. The summed E-state index contributed by atoms with van der Waals surface area (Å²) in [4.78, 5) is 0.